The van der Waals surface area contributed by atoms with Crippen molar-refractivity contribution in [3.63, 3.8) is 0 Å². The molecule has 0 aliphatic carbocycles. The van der Waals surface area contributed by atoms with E-state index >= 15 is 0 Å². The third-order valence-corrected chi connectivity index (χ3v) is 4.07. The Hall–Kier alpha value is -3.07. The lowest BCUT2D eigenvalue weighted by atomic mass is 10.0. The van der Waals surface area contributed by atoms with Gasteiger partial charge in [-0.05, 0) is 29.3 Å². The molecule has 0 bridgehead atoms. The van der Waals surface area contributed by atoms with Crippen LogP contribution in [0.3, 0.4) is 0 Å². The first-order valence-electron chi connectivity index (χ1n) is 8.09. The number of rotatable bonds is 2. The molecule has 0 spiro atoms. The van der Waals surface area contributed by atoms with Crippen LogP contribution in [0.2, 0.25) is 0 Å². The largest absolute Gasteiger partial charge is 0.456 e. The molecule has 3 nitrogen and oxygen atoms in total. The van der Waals surface area contributed by atoms with E-state index in [-0.39, 0.29) is 6.10 Å². The maximum Gasteiger partial charge on any atom is 0.295 e. The molecule has 0 saturated carbocycles. The van der Waals surface area contributed by atoms with E-state index in [1.165, 1.54) is 5.56 Å². The average Bonchev–Trinajstić information content (AvgIpc) is 2.82. The van der Waals surface area contributed by atoms with Crippen LogP contribution in [0.4, 0.5) is 11.4 Å². The fraction of sp³-hybridized carbons (Fsp3) is 0.0952. The molecule has 1 N–H and O–H groups in total. The fourth-order valence-electron chi connectivity index (χ4n) is 2.86. The Kier molecular flexibility index (Phi) is 3.98. The summed E-state index contributed by atoms with van der Waals surface area (Å²) in [7, 11) is 0. The van der Waals surface area contributed by atoms with Crippen LogP contribution in [0, 0.1) is 0 Å². The predicted molar refractivity (Wildman–Crippen MR) is 97.6 cm³/mol. The first-order chi connectivity index (χ1) is 11.9. The van der Waals surface area contributed by atoms with Crippen LogP contribution in [0.15, 0.2) is 89.9 Å². The number of anilines is 1. The van der Waals surface area contributed by atoms with Crippen LogP contribution in [0.5, 0.6) is 0 Å². The molecular formula is C21H18N2O. The number of hydrogen-bond donors (Lipinski definition) is 1. The standard InChI is InChI=1S/C21H18N2O/c1-3-9-16(10-4-1)20-15-17-11-7-8-14-19(17)23-21(24-20)22-18-12-5-2-6-13-18/h1-14,20H,15H2,(H,22,23). The van der Waals surface area contributed by atoms with Crippen LogP contribution in [0.25, 0.3) is 0 Å². The van der Waals surface area contributed by atoms with Crippen molar-refractivity contribution in [2.24, 2.45) is 4.99 Å². The number of fused-ring (bicyclic) bond motifs is 1. The second-order valence-electron chi connectivity index (χ2n) is 5.76. The minimum Gasteiger partial charge on any atom is -0.456 e. The fourth-order valence-corrected chi connectivity index (χ4v) is 2.86. The summed E-state index contributed by atoms with van der Waals surface area (Å²) in [6.07, 6.45) is 0.730. The molecule has 24 heavy (non-hydrogen) atoms. The summed E-state index contributed by atoms with van der Waals surface area (Å²) in [6, 6.07) is 29.0. The Morgan fingerprint density at radius 2 is 1.46 bits per heavy atom. The Bertz CT molecular complexity index is 844. The topological polar surface area (TPSA) is 33.6 Å². The number of para-hydroxylation sites is 2. The number of benzene rings is 3. The molecule has 1 atom stereocenters. The summed E-state index contributed by atoms with van der Waals surface area (Å²) < 4.78 is 6.22. The third-order valence-electron chi connectivity index (χ3n) is 4.07. The lowest BCUT2D eigenvalue weighted by Gasteiger charge is -2.19. The van der Waals surface area contributed by atoms with Crippen LogP contribution in [0.1, 0.15) is 17.2 Å². The Balaban J connectivity index is 1.70. The first kappa shape index (κ1) is 14.5. The SMILES string of the molecule is c1ccc(NC2=Nc3ccccc3CC(c3ccccc3)O2)cc1. The smallest absolute Gasteiger partial charge is 0.295 e. The average molecular weight is 314 g/mol. The van der Waals surface area contributed by atoms with Gasteiger partial charge in [-0.15, -0.1) is 0 Å². The molecule has 0 amide bonds. The molecule has 3 aromatic carbocycles. The highest BCUT2D eigenvalue weighted by molar-refractivity contribution is 5.91. The maximum absolute atomic E-state index is 6.22. The van der Waals surface area contributed by atoms with E-state index in [0.29, 0.717) is 6.02 Å². The van der Waals surface area contributed by atoms with Gasteiger partial charge in [-0.2, -0.15) is 4.99 Å². The van der Waals surface area contributed by atoms with E-state index in [1.807, 2.05) is 66.7 Å². The van der Waals surface area contributed by atoms with Crippen molar-refractivity contribution in [1.82, 2.24) is 0 Å². The normalized spacial score (nSPS) is 16.3. The number of ether oxygens (including phenoxy) is 1. The molecule has 0 saturated heterocycles. The lowest BCUT2D eigenvalue weighted by molar-refractivity contribution is 0.194. The van der Waals surface area contributed by atoms with Gasteiger partial charge in [0.25, 0.3) is 6.02 Å². The molecule has 0 aromatic heterocycles. The summed E-state index contributed by atoms with van der Waals surface area (Å²) in [6.45, 7) is 0. The van der Waals surface area contributed by atoms with Gasteiger partial charge in [-0.1, -0.05) is 66.7 Å². The number of nitrogens with zero attached hydrogens (tertiary/aromatic N) is 1. The number of hydrogen-bond acceptors (Lipinski definition) is 3. The second kappa shape index (κ2) is 6.59. The molecule has 0 fully saturated rings. The van der Waals surface area contributed by atoms with Gasteiger partial charge in [0.1, 0.15) is 6.10 Å². The minimum absolute atomic E-state index is 0.0650. The summed E-state index contributed by atoms with van der Waals surface area (Å²) in [5.41, 5.74) is 4.25. The zero-order chi connectivity index (χ0) is 16.2. The number of nitrogens with one attached hydrogen (secondary N) is 1. The van der Waals surface area contributed by atoms with Crippen molar-refractivity contribution in [2.45, 2.75) is 12.5 Å². The van der Waals surface area contributed by atoms with E-state index in [1.54, 1.807) is 0 Å². The van der Waals surface area contributed by atoms with Crippen molar-refractivity contribution < 1.29 is 4.74 Å². The Morgan fingerprint density at radius 3 is 2.25 bits per heavy atom. The van der Waals surface area contributed by atoms with Crippen LogP contribution >= 0.6 is 0 Å². The molecule has 118 valence electrons. The van der Waals surface area contributed by atoms with E-state index in [0.717, 1.165) is 23.4 Å². The molecule has 3 aromatic rings. The van der Waals surface area contributed by atoms with Gasteiger partial charge in [0.2, 0.25) is 0 Å². The van der Waals surface area contributed by atoms with Gasteiger partial charge < -0.3 is 10.1 Å². The zero-order valence-corrected chi connectivity index (χ0v) is 13.2. The quantitative estimate of drug-likeness (QED) is 0.714. The van der Waals surface area contributed by atoms with Crippen LogP contribution in [-0.2, 0) is 11.2 Å². The molecule has 1 aliphatic heterocycles. The number of amidine groups is 1. The molecule has 4 rings (SSSR count). The highest BCUT2D eigenvalue weighted by Crippen LogP contribution is 2.31. The van der Waals surface area contributed by atoms with Gasteiger partial charge in [0.15, 0.2) is 0 Å². The molecule has 1 unspecified atom stereocenters. The molecule has 3 heteroatoms. The molecular weight excluding hydrogens is 296 g/mol. The maximum atomic E-state index is 6.22. The van der Waals surface area contributed by atoms with Crippen molar-refractivity contribution >= 4 is 17.4 Å². The highest BCUT2D eigenvalue weighted by atomic mass is 16.5. The molecule has 1 heterocycles. The van der Waals surface area contributed by atoms with Gasteiger partial charge in [-0.25, -0.2) is 0 Å². The van der Waals surface area contributed by atoms with Crippen LogP contribution < -0.4 is 5.32 Å². The van der Waals surface area contributed by atoms with E-state index in [4.69, 9.17) is 9.73 Å². The Labute approximate surface area is 141 Å². The monoisotopic (exact) mass is 314 g/mol. The van der Waals surface area contributed by atoms with Gasteiger partial charge in [-0.3, -0.25) is 0 Å². The minimum atomic E-state index is -0.0650. The third kappa shape index (κ3) is 3.15. The molecule has 1 aliphatic rings. The van der Waals surface area contributed by atoms with Crippen molar-refractivity contribution in [2.75, 3.05) is 5.32 Å². The van der Waals surface area contributed by atoms with Crippen molar-refractivity contribution in [3.05, 3.63) is 96.1 Å². The molecule has 0 radical (unpaired) electrons. The summed E-state index contributed by atoms with van der Waals surface area (Å²) >= 11 is 0. The zero-order valence-electron chi connectivity index (χ0n) is 13.2. The van der Waals surface area contributed by atoms with E-state index < -0.39 is 0 Å². The summed E-state index contributed by atoms with van der Waals surface area (Å²) in [5.74, 6) is 0. The van der Waals surface area contributed by atoms with Gasteiger partial charge in [0.05, 0.1) is 5.69 Å². The summed E-state index contributed by atoms with van der Waals surface area (Å²) in [5, 5.41) is 3.29. The second-order valence-corrected chi connectivity index (χ2v) is 5.76. The Morgan fingerprint density at radius 1 is 0.792 bits per heavy atom. The summed E-state index contributed by atoms with van der Waals surface area (Å²) in [4.78, 5) is 4.69. The van der Waals surface area contributed by atoms with E-state index in [9.17, 15) is 0 Å². The van der Waals surface area contributed by atoms with Gasteiger partial charge in [0, 0.05) is 12.1 Å². The first-order valence-corrected chi connectivity index (χ1v) is 8.09. The van der Waals surface area contributed by atoms with Crippen molar-refractivity contribution in [1.29, 1.82) is 0 Å². The van der Waals surface area contributed by atoms with Gasteiger partial charge >= 0.3 is 0 Å². The lowest BCUT2D eigenvalue weighted by Crippen LogP contribution is -2.19. The number of aliphatic imine (C=N–C) groups is 1. The van der Waals surface area contributed by atoms with E-state index in [2.05, 4.69) is 23.5 Å². The highest BCUT2D eigenvalue weighted by Gasteiger charge is 2.21. The van der Waals surface area contributed by atoms with Crippen LogP contribution in [-0.4, -0.2) is 6.02 Å². The van der Waals surface area contributed by atoms with Crippen molar-refractivity contribution in [3.8, 4) is 0 Å². The predicted octanol–water partition coefficient (Wildman–Crippen LogP) is 5.10.